The minimum Gasteiger partial charge on any atom is -0.399 e. The fourth-order valence-electron chi connectivity index (χ4n) is 2.52. The Morgan fingerprint density at radius 2 is 2.18 bits per heavy atom. The number of nitrogens with zero attached hydrogens (tertiary/aromatic N) is 4. The van der Waals surface area contributed by atoms with Gasteiger partial charge in [-0.05, 0) is 17.7 Å². The Morgan fingerprint density at radius 1 is 1.32 bits per heavy atom. The molecule has 8 heteroatoms. The number of nitrogens with two attached hydrogens (primary N) is 1. The van der Waals surface area contributed by atoms with Crippen molar-refractivity contribution >= 4 is 30.5 Å². The lowest BCUT2D eigenvalue weighted by atomic mass is 10.1. The maximum atomic E-state index is 5.82. The largest absolute Gasteiger partial charge is 0.399 e. The summed E-state index contributed by atoms with van der Waals surface area (Å²) in [6.45, 7) is 4.24. The Kier molecular flexibility index (Phi) is 7.61. The molecular weight excluding hydrogens is 325 g/mol. The van der Waals surface area contributed by atoms with E-state index in [1.165, 1.54) is 5.56 Å². The zero-order valence-electron chi connectivity index (χ0n) is 12.2. The summed E-state index contributed by atoms with van der Waals surface area (Å²) in [7, 11) is 0. The third kappa shape index (κ3) is 5.14. The van der Waals surface area contributed by atoms with Gasteiger partial charge in [0.25, 0.3) is 0 Å². The Hall–Kier alpha value is -1.34. The van der Waals surface area contributed by atoms with Gasteiger partial charge in [-0.15, -0.1) is 24.8 Å². The van der Waals surface area contributed by atoms with E-state index in [1.54, 1.807) is 12.7 Å². The van der Waals surface area contributed by atoms with Gasteiger partial charge >= 0.3 is 0 Å². The first-order chi connectivity index (χ1) is 9.79. The molecule has 1 fully saturated rings. The molecule has 2 aromatic rings. The van der Waals surface area contributed by atoms with Crippen LogP contribution in [0.2, 0.25) is 0 Å². The summed E-state index contributed by atoms with van der Waals surface area (Å²) >= 11 is 0. The molecule has 1 aliphatic rings. The van der Waals surface area contributed by atoms with Crippen LogP contribution in [0.25, 0.3) is 0 Å². The third-order valence-corrected chi connectivity index (χ3v) is 3.44. The summed E-state index contributed by atoms with van der Waals surface area (Å²) < 4.78 is 7.60. The van der Waals surface area contributed by atoms with Crippen LogP contribution < -0.4 is 5.73 Å². The first-order valence-corrected chi connectivity index (χ1v) is 6.80. The highest BCUT2D eigenvalue weighted by atomic mass is 35.5. The normalized spacial score (nSPS) is 18.3. The molecule has 22 heavy (non-hydrogen) atoms. The smallest absolute Gasteiger partial charge is 0.137 e. The minimum absolute atomic E-state index is 0. The van der Waals surface area contributed by atoms with Gasteiger partial charge < -0.3 is 10.5 Å². The van der Waals surface area contributed by atoms with Crippen molar-refractivity contribution in [2.24, 2.45) is 0 Å². The molecule has 6 nitrogen and oxygen atoms in total. The second kappa shape index (κ2) is 8.95. The molecule has 1 unspecified atom stereocenters. The van der Waals surface area contributed by atoms with Crippen LogP contribution in [0.15, 0.2) is 36.9 Å². The molecule has 0 bridgehead atoms. The summed E-state index contributed by atoms with van der Waals surface area (Å²) in [5, 5.41) is 4.12. The fraction of sp³-hybridized carbons (Fsp3) is 0.429. The summed E-state index contributed by atoms with van der Waals surface area (Å²) in [6.07, 6.45) is 3.43. The van der Waals surface area contributed by atoms with Crippen LogP contribution in [-0.2, 0) is 17.8 Å². The monoisotopic (exact) mass is 345 g/mol. The summed E-state index contributed by atoms with van der Waals surface area (Å²) in [5.41, 5.74) is 7.88. The first-order valence-electron chi connectivity index (χ1n) is 6.80. The SMILES string of the molecule is Cl.Cl.Nc1cccc(CN2CCOC(Cn3cncn3)C2)c1. The number of hydrogen-bond acceptors (Lipinski definition) is 5. The van der Waals surface area contributed by atoms with E-state index < -0.39 is 0 Å². The Balaban J connectivity index is 0.00000121. The minimum atomic E-state index is 0. The van der Waals surface area contributed by atoms with Crippen molar-refractivity contribution in [3.05, 3.63) is 42.5 Å². The number of rotatable bonds is 4. The molecule has 122 valence electrons. The number of ether oxygens (including phenoxy) is 1. The van der Waals surface area contributed by atoms with Gasteiger partial charge in [-0.2, -0.15) is 5.10 Å². The topological polar surface area (TPSA) is 69.2 Å². The van der Waals surface area contributed by atoms with E-state index in [0.29, 0.717) is 0 Å². The second-order valence-electron chi connectivity index (χ2n) is 5.09. The molecule has 1 aromatic carbocycles. The average molecular weight is 346 g/mol. The molecule has 0 radical (unpaired) electrons. The maximum Gasteiger partial charge on any atom is 0.137 e. The number of halogens is 2. The summed E-state index contributed by atoms with van der Waals surface area (Å²) in [5.74, 6) is 0. The molecule has 1 aromatic heterocycles. The highest BCUT2D eigenvalue weighted by molar-refractivity contribution is 5.85. The van der Waals surface area contributed by atoms with E-state index in [1.807, 2.05) is 22.9 Å². The first kappa shape index (κ1) is 18.7. The standard InChI is InChI=1S/C14H19N5O.2ClH/c15-13-3-1-2-12(6-13)7-18-4-5-20-14(8-18)9-19-11-16-10-17-19;;/h1-3,6,10-11,14H,4-5,7-9,15H2;2*1H. The number of aromatic nitrogens is 3. The van der Waals surface area contributed by atoms with Crippen molar-refractivity contribution in [1.29, 1.82) is 0 Å². The van der Waals surface area contributed by atoms with Gasteiger partial charge in [-0.1, -0.05) is 12.1 Å². The Morgan fingerprint density at radius 3 is 2.91 bits per heavy atom. The van der Waals surface area contributed by atoms with Crippen molar-refractivity contribution in [2.45, 2.75) is 19.2 Å². The third-order valence-electron chi connectivity index (χ3n) is 3.44. The van der Waals surface area contributed by atoms with Gasteiger partial charge in [0.1, 0.15) is 12.7 Å². The van der Waals surface area contributed by atoms with Gasteiger partial charge in [-0.25, -0.2) is 4.98 Å². The predicted molar refractivity (Wildman–Crippen MR) is 90.4 cm³/mol. The Labute approximate surface area is 142 Å². The van der Waals surface area contributed by atoms with Crippen LogP contribution in [0.5, 0.6) is 0 Å². The lowest BCUT2D eigenvalue weighted by molar-refractivity contribution is -0.0402. The second-order valence-corrected chi connectivity index (χ2v) is 5.09. The van der Waals surface area contributed by atoms with Crippen molar-refractivity contribution in [2.75, 3.05) is 25.4 Å². The molecule has 0 spiro atoms. The van der Waals surface area contributed by atoms with Crippen molar-refractivity contribution < 1.29 is 4.74 Å². The lowest BCUT2D eigenvalue weighted by Gasteiger charge is -2.32. The van der Waals surface area contributed by atoms with E-state index >= 15 is 0 Å². The highest BCUT2D eigenvalue weighted by Crippen LogP contribution is 2.13. The van der Waals surface area contributed by atoms with E-state index in [4.69, 9.17) is 10.5 Å². The van der Waals surface area contributed by atoms with Gasteiger partial charge in [0.15, 0.2) is 0 Å². The van der Waals surface area contributed by atoms with Crippen LogP contribution in [0.3, 0.4) is 0 Å². The average Bonchev–Trinajstić information content (AvgIpc) is 2.92. The molecule has 0 amide bonds. The van der Waals surface area contributed by atoms with Crippen molar-refractivity contribution in [3.8, 4) is 0 Å². The quantitative estimate of drug-likeness (QED) is 0.852. The highest BCUT2D eigenvalue weighted by Gasteiger charge is 2.21. The van der Waals surface area contributed by atoms with E-state index in [9.17, 15) is 0 Å². The molecular formula is C14H21Cl2N5O. The summed E-state index contributed by atoms with van der Waals surface area (Å²) in [4.78, 5) is 6.34. The van der Waals surface area contributed by atoms with Crippen LogP contribution in [-0.4, -0.2) is 45.5 Å². The molecule has 0 saturated carbocycles. The molecule has 2 heterocycles. The molecule has 1 atom stereocenters. The van der Waals surface area contributed by atoms with E-state index in [-0.39, 0.29) is 30.9 Å². The molecule has 2 N–H and O–H groups in total. The van der Waals surface area contributed by atoms with Crippen molar-refractivity contribution in [1.82, 2.24) is 19.7 Å². The van der Waals surface area contributed by atoms with E-state index in [2.05, 4.69) is 21.0 Å². The lowest BCUT2D eigenvalue weighted by Crippen LogP contribution is -2.43. The molecule has 1 saturated heterocycles. The number of nitrogen functional groups attached to an aromatic ring is 1. The molecule has 1 aliphatic heterocycles. The number of benzene rings is 1. The van der Waals surface area contributed by atoms with Crippen LogP contribution in [0.4, 0.5) is 5.69 Å². The Bertz CT molecular complexity index is 552. The van der Waals surface area contributed by atoms with Crippen molar-refractivity contribution in [3.63, 3.8) is 0 Å². The zero-order valence-corrected chi connectivity index (χ0v) is 13.8. The van der Waals surface area contributed by atoms with Gasteiger partial charge in [-0.3, -0.25) is 9.58 Å². The maximum absolute atomic E-state index is 5.82. The van der Waals surface area contributed by atoms with Gasteiger partial charge in [0, 0.05) is 25.3 Å². The van der Waals surface area contributed by atoms with Gasteiger partial charge in [0.2, 0.25) is 0 Å². The fourth-order valence-corrected chi connectivity index (χ4v) is 2.52. The van der Waals surface area contributed by atoms with Crippen LogP contribution in [0, 0.1) is 0 Å². The predicted octanol–water partition coefficient (Wildman–Crippen LogP) is 1.60. The number of anilines is 1. The molecule has 0 aliphatic carbocycles. The zero-order chi connectivity index (χ0) is 13.8. The van der Waals surface area contributed by atoms with Crippen LogP contribution in [0.1, 0.15) is 5.56 Å². The summed E-state index contributed by atoms with van der Waals surface area (Å²) in [6, 6.07) is 8.05. The number of morpholine rings is 1. The number of hydrogen-bond donors (Lipinski definition) is 1. The van der Waals surface area contributed by atoms with E-state index in [0.717, 1.165) is 38.5 Å². The van der Waals surface area contributed by atoms with Crippen LogP contribution >= 0.6 is 24.8 Å². The van der Waals surface area contributed by atoms with Gasteiger partial charge in [0.05, 0.1) is 19.3 Å². The molecule has 3 rings (SSSR count).